The molecule has 1 saturated heterocycles. The van der Waals surface area contributed by atoms with Crippen LogP contribution in [0.25, 0.3) is 4.96 Å². The molecule has 0 amide bonds. The van der Waals surface area contributed by atoms with Crippen molar-refractivity contribution in [1.29, 1.82) is 0 Å². The van der Waals surface area contributed by atoms with Gasteiger partial charge < -0.3 is 10.0 Å². The molecule has 0 bridgehead atoms. The van der Waals surface area contributed by atoms with Gasteiger partial charge >= 0.3 is 0 Å². The molecule has 0 saturated carbocycles. The molecule has 144 valence electrons. The fraction of sp³-hybridized carbons (Fsp3) is 0.474. The first-order valence-corrected chi connectivity index (χ1v) is 10.2. The van der Waals surface area contributed by atoms with Crippen molar-refractivity contribution in [2.24, 2.45) is 0 Å². The molecule has 1 aliphatic rings. The van der Waals surface area contributed by atoms with E-state index in [1.54, 1.807) is 12.1 Å². The zero-order valence-corrected chi connectivity index (χ0v) is 16.4. The van der Waals surface area contributed by atoms with E-state index in [0.717, 1.165) is 49.6 Å². The zero-order valence-electron chi connectivity index (χ0n) is 15.6. The van der Waals surface area contributed by atoms with E-state index in [0.29, 0.717) is 10.8 Å². The van der Waals surface area contributed by atoms with Crippen LogP contribution in [0.15, 0.2) is 24.3 Å². The molecule has 6 nitrogen and oxygen atoms in total. The Morgan fingerprint density at radius 1 is 1.22 bits per heavy atom. The number of aryl methyl sites for hydroxylation is 1. The minimum atomic E-state index is -0.267. The molecule has 8 heteroatoms. The van der Waals surface area contributed by atoms with Gasteiger partial charge in [-0.3, -0.25) is 4.90 Å². The summed E-state index contributed by atoms with van der Waals surface area (Å²) in [4.78, 5) is 10.6. The van der Waals surface area contributed by atoms with Gasteiger partial charge in [0.05, 0.1) is 10.9 Å². The van der Waals surface area contributed by atoms with E-state index >= 15 is 0 Å². The van der Waals surface area contributed by atoms with Gasteiger partial charge in [-0.25, -0.2) is 9.37 Å². The number of benzene rings is 1. The standard InChI is InChI=1S/C19H24FN5OS/c1-3-15-21-19-25(22-15)18(26)17(27-19)16(13-6-5-7-14(20)12-13)24-10-8-23(4-2)9-11-24/h5-7,12,16,26H,3-4,8-11H2,1-2H3. The molecule has 0 spiro atoms. The number of thiazole rings is 1. The zero-order chi connectivity index (χ0) is 19.0. The lowest BCUT2D eigenvalue weighted by molar-refractivity contribution is 0.113. The number of rotatable bonds is 5. The topological polar surface area (TPSA) is 56.9 Å². The van der Waals surface area contributed by atoms with E-state index in [2.05, 4.69) is 26.8 Å². The van der Waals surface area contributed by atoms with Crippen LogP contribution in [0.2, 0.25) is 0 Å². The molecule has 1 N–H and O–H groups in total. The lowest BCUT2D eigenvalue weighted by Gasteiger charge is -2.38. The van der Waals surface area contributed by atoms with Crippen molar-refractivity contribution in [3.63, 3.8) is 0 Å². The fourth-order valence-corrected chi connectivity index (χ4v) is 4.80. The second kappa shape index (κ2) is 7.53. The maximum atomic E-state index is 14.0. The number of piperazine rings is 1. The SMILES string of the molecule is CCc1nc2sc(C(c3cccc(F)c3)N3CCN(CC)CC3)c(O)n2n1. The monoisotopic (exact) mass is 389 g/mol. The summed E-state index contributed by atoms with van der Waals surface area (Å²) in [7, 11) is 0. The van der Waals surface area contributed by atoms with Crippen molar-refractivity contribution >= 4 is 16.3 Å². The van der Waals surface area contributed by atoms with E-state index in [1.807, 2.05) is 13.0 Å². The quantitative estimate of drug-likeness (QED) is 0.727. The number of aromatic hydroxyl groups is 1. The van der Waals surface area contributed by atoms with E-state index < -0.39 is 0 Å². The third-order valence-electron chi connectivity index (χ3n) is 5.19. The van der Waals surface area contributed by atoms with Crippen LogP contribution in [0.5, 0.6) is 5.88 Å². The summed E-state index contributed by atoms with van der Waals surface area (Å²) in [5, 5.41) is 15.2. The Balaban J connectivity index is 1.76. The summed E-state index contributed by atoms with van der Waals surface area (Å²) in [6.07, 6.45) is 0.718. The molecule has 3 heterocycles. The van der Waals surface area contributed by atoms with Crippen molar-refractivity contribution in [3.8, 4) is 5.88 Å². The minimum Gasteiger partial charge on any atom is -0.492 e. The summed E-state index contributed by atoms with van der Waals surface area (Å²) in [6.45, 7) is 8.83. The van der Waals surface area contributed by atoms with E-state index in [1.165, 1.54) is 21.9 Å². The fourth-order valence-electron chi connectivity index (χ4n) is 3.66. The van der Waals surface area contributed by atoms with Gasteiger partial charge in [0, 0.05) is 32.6 Å². The highest BCUT2D eigenvalue weighted by Gasteiger charge is 2.31. The molecule has 27 heavy (non-hydrogen) atoms. The first kappa shape index (κ1) is 18.3. The number of hydrogen-bond donors (Lipinski definition) is 1. The summed E-state index contributed by atoms with van der Waals surface area (Å²) >= 11 is 1.43. The van der Waals surface area contributed by atoms with Gasteiger partial charge in [-0.15, -0.1) is 5.10 Å². The molecule has 1 atom stereocenters. The number of likely N-dealkylation sites (N-methyl/N-ethyl adjacent to an activating group) is 1. The maximum Gasteiger partial charge on any atom is 0.230 e. The maximum absolute atomic E-state index is 14.0. The predicted octanol–water partition coefficient (Wildman–Crippen LogP) is 2.92. The van der Waals surface area contributed by atoms with Gasteiger partial charge in [0.15, 0.2) is 5.82 Å². The normalized spacial score (nSPS) is 17.6. The van der Waals surface area contributed by atoms with Gasteiger partial charge in [0.25, 0.3) is 0 Å². The highest BCUT2D eigenvalue weighted by Crippen LogP contribution is 2.40. The Kier molecular flexibility index (Phi) is 5.12. The van der Waals surface area contributed by atoms with Gasteiger partial charge in [0.2, 0.25) is 10.8 Å². The Morgan fingerprint density at radius 2 is 2.00 bits per heavy atom. The molecule has 1 aromatic carbocycles. The molecular formula is C19H24FN5OS. The van der Waals surface area contributed by atoms with E-state index in [4.69, 9.17) is 0 Å². The summed E-state index contributed by atoms with van der Waals surface area (Å²) in [5.74, 6) is 0.549. The van der Waals surface area contributed by atoms with Gasteiger partial charge in [-0.05, 0) is 24.2 Å². The Hall–Kier alpha value is -2.03. The van der Waals surface area contributed by atoms with Gasteiger partial charge in [0.1, 0.15) is 5.82 Å². The van der Waals surface area contributed by atoms with Crippen LogP contribution in [0.4, 0.5) is 4.39 Å². The number of aromatic nitrogens is 3. The van der Waals surface area contributed by atoms with Crippen LogP contribution >= 0.6 is 11.3 Å². The molecule has 1 unspecified atom stereocenters. The number of halogens is 1. The van der Waals surface area contributed by atoms with Gasteiger partial charge in [-0.1, -0.05) is 37.3 Å². The summed E-state index contributed by atoms with van der Waals surface area (Å²) in [5.41, 5.74) is 0.843. The first-order chi connectivity index (χ1) is 13.1. The molecule has 4 rings (SSSR count). The first-order valence-electron chi connectivity index (χ1n) is 9.39. The van der Waals surface area contributed by atoms with Crippen LogP contribution < -0.4 is 0 Å². The van der Waals surface area contributed by atoms with Crippen LogP contribution in [-0.4, -0.2) is 62.2 Å². The smallest absolute Gasteiger partial charge is 0.230 e. The molecule has 3 aromatic rings. The van der Waals surface area contributed by atoms with Crippen molar-refractivity contribution in [2.75, 3.05) is 32.7 Å². The number of nitrogens with zero attached hydrogens (tertiary/aromatic N) is 5. The van der Waals surface area contributed by atoms with Crippen molar-refractivity contribution in [2.45, 2.75) is 26.3 Å². The Morgan fingerprint density at radius 3 is 2.63 bits per heavy atom. The third-order valence-corrected chi connectivity index (χ3v) is 6.26. The van der Waals surface area contributed by atoms with Crippen molar-refractivity contribution in [3.05, 3.63) is 46.3 Å². The number of fused-ring (bicyclic) bond motifs is 1. The number of hydrogen-bond acceptors (Lipinski definition) is 6. The second-order valence-corrected chi connectivity index (χ2v) is 7.80. The Bertz CT molecular complexity index is 931. The highest BCUT2D eigenvalue weighted by molar-refractivity contribution is 7.17. The second-order valence-electron chi connectivity index (χ2n) is 6.79. The highest BCUT2D eigenvalue weighted by atomic mass is 32.1. The van der Waals surface area contributed by atoms with Crippen LogP contribution in [0.3, 0.4) is 0 Å². The lowest BCUT2D eigenvalue weighted by atomic mass is 10.0. The van der Waals surface area contributed by atoms with E-state index in [-0.39, 0.29) is 17.7 Å². The lowest BCUT2D eigenvalue weighted by Crippen LogP contribution is -2.47. The molecule has 1 fully saturated rings. The van der Waals surface area contributed by atoms with Crippen LogP contribution in [-0.2, 0) is 6.42 Å². The van der Waals surface area contributed by atoms with Gasteiger partial charge in [-0.2, -0.15) is 4.52 Å². The molecule has 2 aromatic heterocycles. The summed E-state index contributed by atoms with van der Waals surface area (Å²) in [6, 6.07) is 6.45. The van der Waals surface area contributed by atoms with Crippen LogP contribution in [0, 0.1) is 5.82 Å². The van der Waals surface area contributed by atoms with Crippen LogP contribution in [0.1, 0.15) is 36.2 Å². The largest absolute Gasteiger partial charge is 0.492 e. The van der Waals surface area contributed by atoms with Crippen molar-refractivity contribution in [1.82, 2.24) is 24.4 Å². The summed E-state index contributed by atoms with van der Waals surface area (Å²) < 4.78 is 15.5. The molecule has 1 aliphatic heterocycles. The average Bonchev–Trinajstić information content (AvgIpc) is 3.22. The minimum absolute atomic E-state index is 0.106. The predicted molar refractivity (Wildman–Crippen MR) is 104 cm³/mol. The molecule has 0 aliphatic carbocycles. The molecule has 0 radical (unpaired) electrons. The molecular weight excluding hydrogens is 365 g/mol. The van der Waals surface area contributed by atoms with E-state index in [9.17, 15) is 9.50 Å². The average molecular weight is 390 g/mol. The third kappa shape index (κ3) is 3.44. The van der Waals surface area contributed by atoms with Crippen molar-refractivity contribution < 1.29 is 9.50 Å². The Labute approximate surface area is 161 Å².